The normalized spacial score (nSPS) is 10.5. The van der Waals surface area contributed by atoms with Crippen LogP contribution in [0.1, 0.15) is 15.9 Å². The van der Waals surface area contributed by atoms with Crippen molar-refractivity contribution in [3.05, 3.63) is 59.8 Å². The van der Waals surface area contributed by atoms with Gasteiger partial charge in [0.2, 0.25) is 5.95 Å². The molecule has 0 bridgehead atoms. The van der Waals surface area contributed by atoms with E-state index < -0.39 is 5.91 Å². The smallest absolute Gasteiger partial charge is 0.254 e. The number of primary amides is 1. The van der Waals surface area contributed by atoms with Crippen molar-refractivity contribution in [1.29, 1.82) is 0 Å². The molecule has 9 heteroatoms. The first kappa shape index (κ1) is 17.3. The predicted molar refractivity (Wildman–Crippen MR) is 95.6 cm³/mol. The minimum atomic E-state index is -0.633. The van der Waals surface area contributed by atoms with E-state index in [-0.39, 0.29) is 11.4 Å². The first-order chi connectivity index (χ1) is 12.5. The third-order valence-corrected chi connectivity index (χ3v) is 3.61. The summed E-state index contributed by atoms with van der Waals surface area (Å²) in [5.41, 5.74) is 7.11. The number of nitrogens with one attached hydrogen (secondary N) is 2. The fourth-order valence-corrected chi connectivity index (χ4v) is 2.39. The summed E-state index contributed by atoms with van der Waals surface area (Å²) in [4.78, 5) is 20.0. The number of aromatic nitrogens is 4. The molecule has 0 saturated heterocycles. The summed E-state index contributed by atoms with van der Waals surface area (Å²) in [5, 5.41) is 10.1. The Morgan fingerprint density at radius 2 is 2.19 bits per heavy atom. The molecule has 3 rings (SSSR count). The largest absolute Gasteiger partial charge is 0.369 e. The maximum absolute atomic E-state index is 13.2. The Bertz CT molecular complexity index is 925. The Morgan fingerprint density at radius 3 is 2.88 bits per heavy atom. The van der Waals surface area contributed by atoms with Crippen LogP contribution in [0, 0.1) is 5.82 Å². The Hall–Kier alpha value is -3.49. The van der Waals surface area contributed by atoms with E-state index in [0.717, 1.165) is 5.56 Å². The number of hydrogen-bond donors (Lipinski definition) is 3. The van der Waals surface area contributed by atoms with E-state index in [0.29, 0.717) is 30.4 Å². The van der Waals surface area contributed by atoms with Crippen molar-refractivity contribution >= 4 is 23.4 Å². The number of carbonyl (C=O) groups excluding carboxylic acids is 1. The SMILES string of the molecule is Cn1cc(Nc2ncc(C(N)=O)c(NCCc3cccc(F)c3)n2)cn1. The zero-order valence-electron chi connectivity index (χ0n) is 14.1. The molecule has 1 amide bonds. The van der Waals surface area contributed by atoms with Crippen molar-refractivity contribution in [1.82, 2.24) is 19.7 Å². The molecule has 2 aromatic heterocycles. The maximum Gasteiger partial charge on any atom is 0.254 e. The molecule has 0 radical (unpaired) electrons. The van der Waals surface area contributed by atoms with Crippen LogP contribution in [0.25, 0.3) is 0 Å². The number of nitrogens with zero attached hydrogens (tertiary/aromatic N) is 4. The van der Waals surface area contributed by atoms with Gasteiger partial charge in [-0.25, -0.2) is 9.37 Å². The molecular formula is C17H18FN7O. The fraction of sp³-hybridized carbons (Fsp3) is 0.176. The minimum Gasteiger partial charge on any atom is -0.369 e. The lowest BCUT2D eigenvalue weighted by Gasteiger charge is -2.11. The van der Waals surface area contributed by atoms with E-state index in [1.54, 1.807) is 30.2 Å². The molecule has 134 valence electrons. The lowest BCUT2D eigenvalue weighted by molar-refractivity contribution is 0.100. The van der Waals surface area contributed by atoms with Gasteiger partial charge in [0.25, 0.3) is 5.91 Å². The first-order valence-electron chi connectivity index (χ1n) is 7.92. The van der Waals surface area contributed by atoms with Gasteiger partial charge in [0.15, 0.2) is 0 Å². The molecule has 26 heavy (non-hydrogen) atoms. The van der Waals surface area contributed by atoms with E-state index in [2.05, 4.69) is 25.7 Å². The molecule has 0 unspecified atom stereocenters. The van der Waals surface area contributed by atoms with Crippen molar-refractivity contribution in [2.75, 3.05) is 17.2 Å². The van der Waals surface area contributed by atoms with Crippen LogP contribution in [-0.4, -0.2) is 32.2 Å². The molecule has 0 aliphatic carbocycles. The van der Waals surface area contributed by atoms with Gasteiger partial charge in [-0.3, -0.25) is 9.48 Å². The number of anilines is 3. The van der Waals surface area contributed by atoms with Gasteiger partial charge in [0.1, 0.15) is 11.6 Å². The molecule has 0 saturated carbocycles. The van der Waals surface area contributed by atoms with Gasteiger partial charge in [-0.1, -0.05) is 12.1 Å². The molecule has 8 nitrogen and oxygen atoms in total. The second-order valence-corrected chi connectivity index (χ2v) is 5.65. The Kier molecular flexibility index (Phi) is 5.07. The monoisotopic (exact) mass is 355 g/mol. The highest BCUT2D eigenvalue weighted by Gasteiger charge is 2.12. The van der Waals surface area contributed by atoms with Gasteiger partial charge in [-0.05, 0) is 24.1 Å². The van der Waals surface area contributed by atoms with Crippen molar-refractivity contribution in [3.8, 4) is 0 Å². The second kappa shape index (κ2) is 7.60. The van der Waals surface area contributed by atoms with Gasteiger partial charge in [-0.2, -0.15) is 10.1 Å². The van der Waals surface area contributed by atoms with E-state index in [9.17, 15) is 9.18 Å². The maximum atomic E-state index is 13.2. The predicted octanol–water partition coefficient (Wildman–Crippen LogP) is 1.85. The standard InChI is InChI=1S/C17H18FN7O/c1-25-10-13(8-22-25)23-17-21-9-14(15(19)26)16(24-17)20-6-5-11-3-2-4-12(18)7-11/h2-4,7-10H,5-6H2,1H3,(H2,19,26)(H2,20,21,23,24). The third kappa shape index (κ3) is 4.32. The number of carbonyl (C=O) groups is 1. The second-order valence-electron chi connectivity index (χ2n) is 5.65. The number of amides is 1. The quantitative estimate of drug-likeness (QED) is 0.596. The van der Waals surface area contributed by atoms with Gasteiger partial charge in [0.05, 0.1) is 17.4 Å². The zero-order valence-corrected chi connectivity index (χ0v) is 14.1. The molecule has 1 aromatic carbocycles. The average Bonchev–Trinajstić information content (AvgIpc) is 3.00. The summed E-state index contributed by atoms with van der Waals surface area (Å²) in [7, 11) is 1.79. The number of nitrogens with two attached hydrogens (primary N) is 1. The van der Waals surface area contributed by atoms with Crippen LogP contribution < -0.4 is 16.4 Å². The van der Waals surface area contributed by atoms with Crippen molar-refractivity contribution < 1.29 is 9.18 Å². The van der Waals surface area contributed by atoms with E-state index >= 15 is 0 Å². The van der Waals surface area contributed by atoms with Crippen LogP contribution in [-0.2, 0) is 13.5 Å². The molecule has 2 heterocycles. The molecule has 3 aromatic rings. The summed E-state index contributed by atoms with van der Waals surface area (Å²) in [6, 6.07) is 6.34. The van der Waals surface area contributed by atoms with Crippen LogP contribution in [0.3, 0.4) is 0 Å². The lowest BCUT2D eigenvalue weighted by Crippen LogP contribution is -2.18. The van der Waals surface area contributed by atoms with Crippen molar-refractivity contribution in [2.45, 2.75) is 6.42 Å². The third-order valence-electron chi connectivity index (χ3n) is 3.61. The molecule has 4 N–H and O–H groups in total. The summed E-state index contributed by atoms with van der Waals surface area (Å²) in [6.45, 7) is 0.451. The van der Waals surface area contributed by atoms with E-state index in [1.165, 1.54) is 18.3 Å². The molecule has 0 atom stereocenters. The number of halogens is 1. The number of benzene rings is 1. The molecular weight excluding hydrogens is 337 g/mol. The van der Waals surface area contributed by atoms with Gasteiger partial charge in [0, 0.05) is 26.0 Å². The topological polar surface area (TPSA) is 111 Å². The van der Waals surface area contributed by atoms with Gasteiger partial charge < -0.3 is 16.4 Å². The van der Waals surface area contributed by atoms with E-state index in [1.807, 2.05) is 6.07 Å². The fourth-order valence-electron chi connectivity index (χ4n) is 2.39. The summed E-state index contributed by atoms with van der Waals surface area (Å²) >= 11 is 0. The highest BCUT2D eigenvalue weighted by atomic mass is 19.1. The van der Waals surface area contributed by atoms with Crippen LogP contribution in [0.4, 0.5) is 21.8 Å². The van der Waals surface area contributed by atoms with Crippen LogP contribution >= 0.6 is 0 Å². The van der Waals surface area contributed by atoms with Gasteiger partial charge >= 0.3 is 0 Å². The van der Waals surface area contributed by atoms with Crippen LogP contribution in [0.5, 0.6) is 0 Å². The number of hydrogen-bond acceptors (Lipinski definition) is 6. The summed E-state index contributed by atoms with van der Waals surface area (Å²) in [6.07, 6.45) is 5.31. The van der Waals surface area contributed by atoms with Crippen LogP contribution in [0.15, 0.2) is 42.9 Å². The highest BCUT2D eigenvalue weighted by molar-refractivity contribution is 5.97. The number of aryl methyl sites for hydroxylation is 1. The zero-order chi connectivity index (χ0) is 18.5. The molecule has 0 aliphatic rings. The summed E-state index contributed by atoms with van der Waals surface area (Å²) in [5.74, 6) is -0.303. The molecule has 0 aliphatic heterocycles. The van der Waals surface area contributed by atoms with Crippen molar-refractivity contribution in [3.63, 3.8) is 0 Å². The Morgan fingerprint density at radius 1 is 1.35 bits per heavy atom. The average molecular weight is 355 g/mol. The highest BCUT2D eigenvalue weighted by Crippen LogP contribution is 2.17. The molecule has 0 spiro atoms. The number of rotatable bonds is 7. The van der Waals surface area contributed by atoms with Crippen LogP contribution in [0.2, 0.25) is 0 Å². The molecule has 0 fully saturated rings. The van der Waals surface area contributed by atoms with Gasteiger partial charge in [-0.15, -0.1) is 0 Å². The van der Waals surface area contributed by atoms with E-state index in [4.69, 9.17) is 5.73 Å². The Labute approximate surface area is 149 Å². The van der Waals surface area contributed by atoms with Crippen molar-refractivity contribution in [2.24, 2.45) is 12.8 Å². The lowest BCUT2D eigenvalue weighted by atomic mass is 10.1. The Balaban J connectivity index is 1.72. The summed E-state index contributed by atoms with van der Waals surface area (Å²) < 4.78 is 14.9. The minimum absolute atomic E-state index is 0.181. The first-order valence-corrected chi connectivity index (χ1v) is 7.92.